The van der Waals surface area contributed by atoms with E-state index < -0.39 is 0 Å². The normalized spacial score (nSPS) is 12.7. The molecule has 6 heteroatoms. The highest BCUT2D eigenvalue weighted by molar-refractivity contribution is 5.94. The molecule has 1 heterocycles. The quantitative estimate of drug-likeness (QED) is 0.522. The summed E-state index contributed by atoms with van der Waals surface area (Å²) in [7, 11) is 0. The van der Waals surface area contributed by atoms with Gasteiger partial charge < -0.3 is 15.4 Å². The summed E-state index contributed by atoms with van der Waals surface area (Å²) in [6, 6.07) is 21.9. The molecule has 0 atom stereocenters. The zero-order valence-corrected chi connectivity index (χ0v) is 17.5. The minimum atomic E-state index is 0. The second-order valence-electron chi connectivity index (χ2n) is 7.32. The Labute approximate surface area is 183 Å². The number of ether oxygens (including phenoxy) is 1. The zero-order chi connectivity index (χ0) is 19.9. The molecule has 1 aliphatic rings. The van der Waals surface area contributed by atoms with Crippen LogP contribution in [-0.4, -0.2) is 10.9 Å². The third-order valence-electron chi connectivity index (χ3n) is 4.81. The number of rotatable bonds is 9. The largest absolute Gasteiger partial charge is 0.487 e. The summed E-state index contributed by atoms with van der Waals surface area (Å²) in [5.74, 6) is 1.18. The van der Waals surface area contributed by atoms with Gasteiger partial charge in [0.2, 0.25) is 5.91 Å². The average Bonchev–Trinajstić information content (AvgIpc) is 3.59. The van der Waals surface area contributed by atoms with Crippen molar-refractivity contribution in [2.45, 2.75) is 32.5 Å². The second-order valence-corrected chi connectivity index (χ2v) is 7.32. The van der Waals surface area contributed by atoms with Crippen LogP contribution in [0.15, 0.2) is 72.9 Å². The first-order chi connectivity index (χ1) is 14.3. The molecule has 1 amide bonds. The van der Waals surface area contributed by atoms with Crippen molar-refractivity contribution in [2.75, 3.05) is 5.32 Å². The van der Waals surface area contributed by atoms with Gasteiger partial charge in [0.25, 0.3) is 0 Å². The first-order valence-electron chi connectivity index (χ1n) is 9.98. The van der Waals surface area contributed by atoms with Crippen LogP contribution in [0.3, 0.4) is 0 Å². The van der Waals surface area contributed by atoms with Crippen LogP contribution in [0.2, 0.25) is 0 Å². The molecule has 1 fully saturated rings. The van der Waals surface area contributed by atoms with E-state index in [1.807, 2.05) is 54.6 Å². The summed E-state index contributed by atoms with van der Waals surface area (Å²) >= 11 is 0. The van der Waals surface area contributed by atoms with Gasteiger partial charge in [0.1, 0.15) is 12.4 Å². The highest BCUT2D eigenvalue weighted by atomic mass is 35.5. The third kappa shape index (κ3) is 6.58. The number of carbonyl (C=O) groups is 1. The van der Waals surface area contributed by atoms with Gasteiger partial charge in [-0.3, -0.25) is 9.78 Å². The van der Waals surface area contributed by atoms with E-state index in [4.69, 9.17) is 4.74 Å². The molecule has 0 unspecified atom stereocenters. The SMILES string of the molecule is Cl.O=C(Nc1cccc(CNCc2cccc(OCc3ccccn3)c2)c1)C1CC1. The number of benzene rings is 2. The van der Waals surface area contributed by atoms with Crippen LogP contribution >= 0.6 is 12.4 Å². The Kier molecular flexibility index (Phi) is 7.82. The number of halogens is 1. The van der Waals surface area contributed by atoms with Gasteiger partial charge in [0, 0.05) is 30.9 Å². The Morgan fingerprint density at radius 1 is 0.967 bits per heavy atom. The van der Waals surface area contributed by atoms with E-state index in [0.29, 0.717) is 6.61 Å². The highest BCUT2D eigenvalue weighted by Gasteiger charge is 2.29. The molecule has 5 nitrogen and oxygen atoms in total. The molecular formula is C24H26ClN3O2. The van der Waals surface area contributed by atoms with Gasteiger partial charge in [-0.15, -0.1) is 12.4 Å². The number of nitrogens with zero attached hydrogens (tertiary/aromatic N) is 1. The minimum Gasteiger partial charge on any atom is -0.487 e. The molecule has 4 rings (SSSR count). The summed E-state index contributed by atoms with van der Waals surface area (Å²) in [5.41, 5.74) is 4.07. The number of amides is 1. The fourth-order valence-electron chi connectivity index (χ4n) is 3.09. The van der Waals surface area contributed by atoms with Gasteiger partial charge in [0.05, 0.1) is 5.69 Å². The summed E-state index contributed by atoms with van der Waals surface area (Å²) < 4.78 is 5.84. The number of nitrogens with one attached hydrogen (secondary N) is 2. The van der Waals surface area contributed by atoms with Crippen molar-refractivity contribution in [3.05, 3.63) is 89.7 Å². The van der Waals surface area contributed by atoms with E-state index in [1.54, 1.807) is 6.20 Å². The summed E-state index contributed by atoms with van der Waals surface area (Å²) in [4.78, 5) is 16.2. The number of pyridine rings is 1. The van der Waals surface area contributed by atoms with Crippen LogP contribution in [0.4, 0.5) is 5.69 Å². The van der Waals surface area contributed by atoms with Crippen molar-refractivity contribution >= 4 is 24.0 Å². The standard InChI is InChI=1S/C24H25N3O2.ClH/c28-24(20-10-11-20)27-21-8-3-5-18(13-21)15-25-16-19-6-4-9-23(14-19)29-17-22-7-1-2-12-26-22;/h1-9,12-14,20,25H,10-11,15-17H2,(H,27,28);1H. The monoisotopic (exact) mass is 423 g/mol. The van der Waals surface area contributed by atoms with Gasteiger partial charge in [-0.1, -0.05) is 30.3 Å². The fourth-order valence-corrected chi connectivity index (χ4v) is 3.09. The topological polar surface area (TPSA) is 63.2 Å². The van der Waals surface area contributed by atoms with Gasteiger partial charge >= 0.3 is 0 Å². The van der Waals surface area contributed by atoms with Crippen LogP contribution < -0.4 is 15.4 Å². The van der Waals surface area contributed by atoms with Crippen LogP contribution in [0.5, 0.6) is 5.75 Å². The van der Waals surface area contributed by atoms with Crippen molar-refractivity contribution in [1.29, 1.82) is 0 Å². The summed E-state index contributed by atoms with van der Waals surface area (Å²) in [6.45, 7) is 1.92. The highest BCUT2D eigenvalue weighted by Crippen LogP contribution is 2.30. The minimum absolute atomic E-state index is 0. The Hall–Kier alpha value is -2.89. The van der Waals surface area contributed by atoms with Gasteiger partial charge in [-0.2, -0.15) is 0 Å². The number of carbonyl (C=O) groups excluding carboxylic acids is 1. The van der Waals surface area contributed by atoms with E-state index in [0.717, 1.165) is 54.2 Å². The first-order valence-corrected chi connectivity index (χ1v) is 9.98. The smallest absolute Gasteiger partial charge is 0.227 e. The van der Waals surface area contributed by atoms with Crippen molar-refractivity contribution in [1.82, 2.24) is 10.3 Å². The van der Waals surface area contributed by atoms with E-state index in [1.165, 1.54) is 0 Å². The van der Waals surface area contributed by atoms with Crippen LogP contribution in [0.25, 0.3) is 0 Å². The lowest BCUT2D eigenvalue weighted by Gasteiger charge is -2.10. The van der Waals surface area contributed by atoms with E-state index >= 15 is 0 Å². The number of hydrogen-bond donors (Lipinski definition) is 2. The number of aromatic nitrogens is 1. The number of anilines is 1. The Balaban J connectivity index is 0.00000256. The molecule has 1 aliphatic carbocycles. The van der Waals surface area contributed by atoms with E-state index in [9.17, 15) is 4.79 Å². The van der Waals surface area contributed by atoms with E-state index in [-0.39, 0.29) is 24.2 Å². The maximum Gasteiger partial charge on any atom is 0.227 e. The lowest BCUT2D eigenvalue weighted by Crippen LogP contribution is -2.15. The van der Waals surface area contributed by atoms with Gasteiger partial charge in [-0.05, 0) is 60.4 Å². The molecular weight excluding hydrogens is 398 g/mol. The third-order valence-corrected chi connectivity index (χ3v) is 4.81. The zero-order valence-electron chi connectivity index (χ0n) is 16.7. The number of hydrogen-bond acceptors (Lipinski definition) is 4. The molecule has 0 aliphatic heterocycles. The maximum atomic E-state index is 11.9. The predicted octanol–water partition coefficient (Wildman–Crippen LogP) is 4.72. The van der Waals surface area contributed by atoms with Crippen LogP contribution in [-0.2, 0) is 24.5 Å². The molecule has 0 saturated heterocycles. The van der Waals surface area contributed by atoms with E-state index in [2.05, 4.69) is 27.8 Å². The Bertz CT molecular complexity index is 961. The van der Waals surface area contributed by atoms with Crippen molar-refractivity contribution in [3.8, 4) is 5.75 Å². The van der Waals surface area contributed by atoms with Crippen molar-refractivity contribution < 1.29 is 9.53 Å². The molecule has 156 valence electrons. The van der Waals surface area contributed by atoms with Crippen LogP contribution in [0.1, 0.15) is 29.7 Å². The molecule has 1 saturated carbocycles. The fraction of sp³-hybridized carbons (Fsp3) is 0.250. The molecule has 2 N–H and O–H groups in total. The first kappa shape index (κ1) is 21.8. The molecule has 0 bridgehead atoms. The molecule has 0 spiro atoms. The summed E-state index contributed by atoms with van der Waals surface area (Å²) in [5, 5.41) is 6.45. The Morgan fingerprint density at radius 3 is 2.47 bits per heavy atom. The van der Waals surface area contributed by atoms with Crippen molar-refractivity contribution in [3.63, 3.8) is 0 Å². The Morgan fingerprint density at radius 2 is 1.73 bits per heavy atom. The average molecular weight is 424 g/mol. The van der Waals surface area contributed by atoms with Gasteiger partial charge in [0.15, 0.2) is 0 Å². The molecule has 3 aromatic rings. The van der Waals surface area contributed by atoms with Crippen molar-refractivity contribution in [2.24, 2.45) is 5.92 Å². The molecule has 2 aromatic carbocycles. The maximum absolute atomic E-state index is 11.9. The lowest BCUT2D eigenvalue weighted by atomic mass is 10.1. The van der Waals surface area contributed by atoms with Crippen LogP contribution in [0, 0.1) is 5.92 Å². The lowest BCUT2D eigenvalue weighted by molar-refractivity contribution is -0.117. The molecule has 1 aromatic heterocycles. The summed E-state index contributed by atoms with van der Waals surface area (Å²) in [6.07, 6.45) is 3.79. The van der Waals surface area contributed by atoms with Gasteiger partial charge in [-0.25, -0.2) is 0 Å². The molecule has 30 heavy (non-hydrogen) atoms. The molecule has 0 radical (unpaired) electrons. The predicted molar refractivity (Wildman–Crippen MR) is 121 cm³/mol. The second kappa shape index (κ2) is 10.8.